The molecule has 0 aliphatic carbocycles. The van der Waals surface area contributed by atoms with Crippen molar-refractivity contribution in [2.24, 2.45) is 0 Å². The Bertz CT molecular complexity index is 688. The minimum atomic E-state index is -3.94. The molecule has 0 saturated heterocycles. The molecule has 19 heavy (non-hydrogen) atoms. The normalized spacial score (nSPS) is 11.6. The van der Waals surface area contributed by atoms with Gasteiger partial charge in [-0.1, -0.05) is 17.7 Å². The first-order valence-electron chi connectivity index (χ1n) is 5.31. The molecule has 0 saturated carbocycles. The lowest BCUT2D eigenvalue weighted by molar-refractivity contribution is 0.597. The molecule has 2 aromatic rings. The summed E-state index contributed by atoms with van der Waals surface area (Å²) in [6, 6.07) is 3.92. The van der Waals surface area contributed by atoms with Crippen LogP contribution in [0, 0.1) is 19.7 Å². The van der Waals surface area contributed by atoms with Crippen LogP contribution in [0.15, 0.2) is 23.1 Å². The van der Waals surface area contributed by atoms with Crippen molar-refractivity contribution < 1.29 is 12.8 Å². The number of aromatic amines is 1. The van der Waals surface area contributed by atoms with Gasteiger partial charge in [-0.25, -0.2) is 12.8 Å². The largest absolute Gasteiger partial charge is 0.281 e. The quantitative estimate of drug-likeness (QED) is 0.915. The van der Waals surface area contributed by atoms with Gasteiger partial charge in [0.15, 0.2) is 0 Å². The molecule has 0 spiro atoms. The maximum atomic E-state index is 13.6. The fourth-order valence-corrected chi connectivity index (χ4v) is 3.45. The number of halogens is 2. The van der Waals surface area contributed by atoms with Gasteiger partial charge in [-0.3, -0.25) is 9.82 Å². The summed E-state index contributed by atoms with van der Waals surface area (Å²) in [5.41, 5.74) is 0.402. The van der Waals surface area contributed by atoms with Crippen LogP contribution in [0.25, 0.3) is 0 Å². The molecule has 0 aliphatic rings. The average Bonchev–Trinajstić information content (AvgIpc) is 2.64. The number of benzene rings is 1. The fourth-order valence-electron chi connectivity index (χ4n) is 1.72. The molecule has 102 valence electrons. The second-order valence-corrected chi connectivity index (χ2v) is 5.99. The predicted molar refractivity (Wildman–Crippen MR) is 70.3 cm³/mol. The van der Waals surface area contributed by atoms with Gasteiger partial charge in [-0.15, -0.1) is 0 Å². The molecular formula is C11H11ClFN3O2S. The second kappa shape index (κ2) is 4.82. The second-order valence-electron chi connectivity index (χ2n) is 3.97. The standard InChI is InChI=1S/C11H11ClFN3O2S/c1-6-11(7(2)15-14-6)19(17,18)16-10-8(12)4-3-5-9(10)13/h3-5,16H,1-2H3,(H,14,15). The summed E-state index contributed by atoms with van der Waals surface area (Å²) in [6.07, 6.45) is 0. The zero-order valence-corrected chi connectivity index (χ0v) is 11.7. The zero-order chi connectivity index (χ0) is 14.2. The highest BCUT2D eigenvalue weighted by molar-refractivity contribution is 7.92. The first-order chi connectivity index (χ1) is 8.83. The zero-order valence-electron chi connectivity index (χ0n) is 10.2. The third kappa shape index (κ3) is 2.57. The molecule has 0 unspecified atom stereocenters. The summed E-state index contributed by atoms with van der Waals surface area (Å²) < 4.78 is 40.2. The van der Waals surface area contributed by atoms with Crippen molar-refractivity contribution in [3.8, 4) is 0 Å². The van der Waals surface area contributed by atoms with Gasteiger partial charge in [0.2, 0.25) is 0 Å². The molecule has 1 aromatic carbocycles. The van der Waals surface area contributed by atoms with E-state index in [-0.39, 0.29) is 15.6 Å². The van der Waals surface area contributed by atoms with Crippen LogP contribution in [-0.2, 0) is 10.0 Å². The molecule has 0 radical (unpaired) electrons. The number of H-pyrrole nitrogens is 1. The van der Waals surface area contributed by atoms with E-state index in [9.17, 15) is 12.8 Å². The van der Waals surface area contributed by atoms with Gasteiger partial charge < -0.3 is 0 Å². The molecule has 2 rings (SSSR count). The Morgan fingerprint density at radius 2 is 2.05 bits per heavy atom. The summed E-state index contributed by atoms with van der Waals surface area (Å²) >= 11 is 5.79. The first kappa shape index (κ1) is 13.8. The lowest BCUT2D eigenvalue weighted by Gasteiger charge is -2.10. The van der Waals surface area contributed by atoms with Crippen LogP contribution < -0.4 is 4.72 Å². The van der Waals surface area contributed by atoms with E-state index in [2.05, 4.69) is 14.9 Å². The minimum Gasteiger partial charge on any atom is -0.281 e. The van der Waals surface area contributed by atoms with E-state index in [1.54, 1.807) is 13.8 Å². The Labute approximate surface area is 114 Å². The molecule has 8 heteroatoms. The number of aryl methyl sites for hydroxylation is 2. The van der Waals surface area contributed by atoms with Gasteiger partial charge >= 0.3 is 0 Å². The monoisotopic (exact) mass is 303 g/mol. The highest BCUT2D eigenvalue weighted by Gasteiger charge is 2.24. The van der Waals surface area contributed by atoms with Crippen molar-refractivity contribution in [3.63, 3.8) is 0 Å². The van der Waals surface area contributed by atoms with Crippen molar-refractivity contribution in [1.29, 1.82) is 0 Å². The number of para-hydroxylation sites is 1. The number of sulfonamides is 1. The molecule has 0 amide bonds. The lowest BCUT2D eigenvalue weighted by Crippen LogP contribution is -2.15. The van der Waals surface area contributed by atoms with Crippen molar-refractivity contribution in [1.82, 2.24) is 10.2 Å². The van der Waals surface area contributed by atoms with Gasteiger partial charge in [0.05, 0.1) is 16.4 Å². The van der Waals surface area contributed by atoms with Crippen LogP contribution in [0.2, 0.25) is 5.02 Å². The smallest absolute Gasteiger partial charge is 0.265 e. The average molecular weight is 304 g/mol. The molecule has 0 atom stereocenters. The van der Waals surface area contributed by atoms with Gasteiger partial charge in [0.1, 0.15) is 16.4 Å². The fraction of sp³-hybridized carbons (Fsp3) is 0.182. The third-order valence-corrected chi connectivity index (χ3v) is 4.46. The minimum absolute atomic E-state index is 0.00757. The van der Waals surface area contributed by atoms with E-state index < -0.39 is 15.8 Å². The van der Waals surface area contributed by atoms with Gasteiger partial charge in [-0.05, 0) is 26.0 Å². The summed E-state index contributed by atoms with van der Waals surface area (Å²) in [5, 5.41) is 6.35. The van der Waals surface area contributed by atoms with Crippen molar-refractivity contribution in [3.05, 3.63) is 40.4 Å². The van der Waals surface area contributed by atoms with E-state index in [1.165, 1.54) is 12.1 Å². The number of aromatic nitrogens is 2. The van der Waals surface area contributed by atoms with E-state index in [0.29, 0.717) is 11.4 Å². The van der Waals surface area contributed by atoms with Crippen LogP contribution in [0.5, 0.6) is 0 Å². The number of nitrogens with one attached hydrogen (secondary N) is 2. The number of hydrogen-bond acceptors (Lipinski definition) is 3. The SMILES string of the molecule is Cc1n[nH]c(C)c1S(=O)(=O)Nc1c(F)cccc1Cl. The molecule has 0 aliphatic heterocycles. The Morgan fingerprint density at radius 3 is 2.58 bits per heavy atom. The molecule has 5 nitrogen and oxygen atoms in total. The van der Waals surface area contributed by atoms with Crippen LogP contribution in [-0.4, -0.2) is 18.6 Å². The number of hydrogen-bond donors (Lipinski definition) is 2. The van der Waals surface area contributed by atoms with Crippen LogP contribution >= 0.6 is 11.6 Å². The molecule has 0 fully saturated rings. The van der Waals surface area contributed by atoms with Crippen molar-refractivity contribution >= 4 is 27.3 Å². The summed E-state index contributed by atoms with van der Waals surface area (Å²) in [7, 11) is -3.94. The van der Waals surface area contributed by atoms with E-state index in [0.717, 1.165) is 6.07 Å². The van der Waals surface area contributed by atoms with Gasteiger partial charge in [0.25, 0.3) is 10.0 Å². The molecule has 2 N–H and O–H groups in total. The molecular weight excluding hydrogens is 293 g/mol. The summed E-state index contributed by atoms with van der Waals surface area (Å²) in [6.45, 7) is 3.11. The molecule has 1 heterocycles. The van der Waals surface area contributed by atoms with Crippen molar-refractivity contribution in [2.75, 3.05) is 4.72 Å². The van der Waals surface area contributed by atoms with Crippen LogP contribution in [0.4, 0.5) is 10.1 Å². The first-order valence-corrected chi connectivity index (χ1v) is 7.17. The Balaban J connectivity index is 2.49. The highest BCUT2D eigenvalue weighted by Crippen LogP contribution is 2.28. The predicted octanol–water partition coefficient (Wildman–Crippen LogP) is 2.62. The van der Waals surface area contributed by atoms with Crippen LogP contribution in [0.1, 0.15) is 11.4 Å². The maximum Gasteiger partial charge on any atom is 0.265 e. The Kier molecular flexibility index (Phi) is 3.51. The summed E-state index contributed by atoms with van der Waals surface area (Å²) in [5.74, 6) is -0.741. The highest BCUT2D eigenvalue weighted by atomic mass is 35.5. The van der Waals surface area contributed by atoms with Crippen LogP contribution in [0.3, 0.4) is 0 Å². The summed E-state index contributed by atoms with van der Waals surface area (Å²) in [4.78, 5) is -0.00757. The van der Waals surface area contributed by atoms with Crippen molar-refractivity contribution in [2.45, 2.75) is 18.7 Å². The topological polar surface area (TPSA) is 74.8 Å². The number of anilines is 1. The van der Waals surface area contributed by atoms with E-state index in [1.807, 2.05) is 0 Å². The Hall–Kier alpha value is -1.60. The maximum absolute atomic E-state index is 13.6. The number of nitrogens with zero attached hydrogens (tertiary/aromatic N) is 1. The molecule has 0 bridgehead atoms. The van der Waals surface area contributed by atoms with E-state index in [4.69, 9.17) is 11.6 Å². The third-order valence-electron chi connectivity index (χ3n) is 2.53. The lowest BCUT2D eigenvalue weighted by atomic mass is 10.3. The van der Waals surface area contributed by atoms with Gasteiger partial charge in [-0.2, -0.15) is 5.10 Å². The van der Waals surface area contributed by atoms with Gasteiger partial charge in [0, 0.05) is 0 Å². The Morgan fingerprint density at radius 1 is 1.37 bits per heavy atom. The number of rotatable bonds is 3. The molecule has 1 aromatic heterocycles. The van der Waals surface area contributed by atoms with E-state index >= 15 is 0 Å².